The molecule has 0 aliphatic heterocycles. The van der Waals surface area contributed by atoms with Crippen LogP contribution >= 0.6 is 0 Å². The molecule has 0 unspecified atom stereocenters. The van der Waals surface area contributed by atoms with Gasteiger partial charge in [-0.3, -0.25) is 10.1 Å². The van der Waals surface area contributed by atoms with E-state index in [1.165, 1.54) is 19.2 Å². The zero-order valence-electron chi connectivity index (χ0n) is 9.80. The van der Waals surface area contributed by atoms with Crippen molar-refractivity contribution in [1.29, 1.82) is 0 Å². The average Bonchev–Trinajstić information content (AvgIpc) is 2.38. The summed E-state index contributed by atoms with van der Waals surface area (Å²) >= 11 is 0. The Bertz CT molecular complexity index is 529. The lowest BCUT2D eigenvalue weighted by atomic mass is 10.1. The lowest BCUT2D eigenvalue weighted by Crippen LogP contribution is -2.03. The van der Waals surface area contributed by atoms with Crippen LogP contribution in [0.2, 0.25) is 0 Å². The van der Waals surface area contributed by atoms with Crippen molar-refractivity contribution in [2.24, 2.45) is 5.73 Å². The number of rotatable bonds is 3. The van der Waals surface area contributed by atoms with Crippen molar-refractivity contribution >= 4 is 11.7 Å². The Hall–Kier alpha value is -2.39. The summed E-state index contributed by atoms with van der Waals surface area (Å²) in [6.45, 7) is 0.390. The predicted octanol–water partition coefficient (Wildman–Crippen LogP) is 1.08. The Morgan fingerprint density at radius 3 is 2.83 bits per heavy atom. The van der Waals surface area contributed by atoms with Gasteiger partial charge in [0.2, 0.25) is 0 Å². The van der Waals surface area contributed by atoms with Crippen LogP contribution in [0.5, 0.6) is 0 Å². The molecule has 1 aromatic rings. The van der Waals surface area contributed by atoms with Gasteiger partial charge in [-0.05, 0) is 12.1 Å². The minimum atomic E-state index is -0.625. The van der Waals surface area contributed by atoms with Crippen molar-refractivity contribution in [2.45, 2.75) is 6.42 Å². The lowest BCUT2D eigenvalue weighted by molar-refractivity contribution is -0.385. The molecule has 6 heteroatoms. The second-order valence-corrected chi connectivity index (χ2v) is 3.32. The second-order valence-electron chi connectivity index (χ2n) is 3.32. The van der Waals surface area contributed by atoms with Crippen LogP contribution < -0.4 is 5.73 Å². The third-order valence-electron chi connectivity index (χ3n) is 2.11. The molecule has 0 heterocycles. The maximum absolute atomic E-state index is 11.3. The molecule has 2 N–H and O–H groups in total. The Labute approximate surface area is 104 Å². The molecule has 94 valence electrons. The molecule has 0 spiro atoms. The predicted molar refractivity (Wildman–Crippen MR) is 65.0 cm³/mol. The first kappa shape index (κ1) is 13.7. The van der Waals surface area contributed by atoms with Crippen molar-refractivity contribution in [1.82, 2.24) is 0 Å². The Morgan fingerprint density at radius 2 is 2.28 bits per heavy atom. The summed E-state index contributed by atoms with van der Waals surface area (Å²) in [5.41, 5.74) is 5.42. The lowest BCUT2D eigenvalue weighted by Gasteiger charge is -2.00. The molecule has 0 bridgehead atoms. The zero-order valence-corrected chi connectivity index (χ0v) is 9.80. The average molecular weight is 248 g/mol. The number of hydrogen-bond donors (Lipinski definition) is 1. The zero-order chi connectivity index (χ0) is 13.5. The van der Waals surface area contributed by atoms with Crippen LogP contribution in [-0.2, 0) is 4.74 Å². The molecule has 0 saturated heterocycles. The van der Waals surface area contributed by atoms with Gasteiger partial charge in [0, 0.05) is 19.0 Å². The summed E-state index contributed by atoms with van der Waals surface area (Å²) in [6.07, 6.45) is 0.454. The molecule has 0 aromatic heterocycles. The number of benzene rings is 1. The summed E-state index contributed by atoms with van der Waals surface area (Å²) in [6, 6.07) is 4.01. The fraction of sp³-hybridized carbons (Fsp3) is 0.250. The number of hydrogen-bond acceptors (Lipinski definition) is 5. The number of nitro benzene ring substituents is 1. The molecular weight excluding hydrogens is 236 g/mol. The van der Waals surface area contributed by atoms with Crippen molar-refractivity contribution < 1.29 is 14.5 Å². The number of esters is 1. The summed E-state index contributed by atoms with van der Waals surface area (Å²) in [5, 5.41) is 10.9. The monoisotopic (exact) mass is 248 g/mol. The van der Waals surface area contributed by atoms with Gasteiger partial charge in [-0.2, -0.15) is 0 Å². The van der Waals surface area contributed by atoms with E-state index in [1.54, 1.807) is 0 Å². The number of nitrogens with zero attached hydrogens (tertiary/aromatic N) is 1. The summed E-state index contributed by atoms with van der Waals surface area (Å²) in [4.78, 5) is 21.6. The van der Waals surface area contributed by atoms with Gasteiger partial charge in [-0.25, -0.2) is 4.79 Å². The van der Waals surface area contributed by atoms with Crippen LogP contribution in [0.4, 0.5) is 5.69 Å². The van der Waals surface area contributed by atoms with Crippen molar-refractivity contribution in [3.05, 3.63) is 39.4 Å². The van der Waals surface area contributed by atoms with E-state index in [1.807, 2.05) is 0 Å². The van der Waals surface area contributed by atoms with Gasteiger partial charge < -0.3 is 10.5 Å². The number of methoxy groups -OCH3 is 1. The number of nitrogens with two attached hydrogens (primary N) is 1. The number of carbonyl (C=O) groups excluding carboxylic acids is 1. The highest BCUT2D eigenvalue weighted by Crippen LogP contribution is 2.20. The number of nitro groups is 1. The normalized spacial score (nSPS) is 9.22. The fourth-order valence-corrected chi connectivity index (χ4v) is 1.26. The molecule has 1 rings (SSSR count). The van der Waals surface area contributed by atoms with Gasteiger partial charge in [0.25, 0.3) is 5.69 Å². The quantitative estimate of drug-likeness (QED) is 0.374. The summed E-state index contributed by atoms with van der Waals surface area (Å²) in [7, 11) is 1.21. The Kier molecular flexibility index (Phi) is 4.84. The highest BCUT2D eigenvalue weighted by molar-refractivity contribution is 5.90. The van der Waals surface area contributed by atoms with E-state index in [2.05, 4.69) is 16.6 Å². The summed E-state index contributed by atoms with van der Waals surface area (Å²) in [5.74, 6) is 4.74. The van der Waals surface area contributed by atoms with Crippen LogP contribution in [0, 0.1) is 22.0 Å². The molecule has 0 fully saturated rings. The smallest absolute Gasteiger partial charge is 0.338 e. The molecule has 0 atom stereocenters. The van der Waals surface area contributed by atoms with Gasteiger partial charge in [0.15, 0.2) is 0 Å². The first-order valence-electron chi connectivity index (χ1n) is 5.16. The second kappa shape index (κ2) is 6.37. The molecular formula is C12H12N2O4. The van der Waals surface area contributed by atoms with Gasteiger partial charge in [-0.1, -0.05) is 11.8 Å². The molecule has 6 nitrogen and oxygen atoms in total. The largest absolute Gasteiger partial charge is 0.465 e. The highest BCUT2D eigenvalue weighted by Gasteiger charge is 2.16. The number of carbonyl (C=O) groups is 1. The van der Waals surface area contributed by atoms with Crippen LogP contribution in [-0.4, -0.2) is 24.5 Å². The topological polar surface area (TPSA) is 95.5 Å². The van der Waals surface area contributed by atoms with Gasteiger partial charge in [0.05, 0.1) is 17.6 Å². The van der Waals surface area contributed by atoms with E-state index in [0.29, 0.717) is 13.0 Å². The SMILES string of the molecule is COC(=O)c1ccc(C#CCCN)c([N+](=O)[O-])c1. The van der Waals surface area contributed by atoms with E-state index < -0.39 is 10.9 Å². The van der Waals surface area contributed by atoms with Crippen LogP contribution in [0.15, 0.2) is 18.2 Å². The molecule has 1 aromatic carbocycles. The first-order valence-corrected chi connectivity index (χ1v) is 5.16. The van der Waals surface area contributed by atoms with E-state index in [0.717, 1.165) is 6.07 Å². The standard InChI is InChI=1S/C12H12N2O4/c1-18-12(15)10-6-5-9(4-2-3-7-13)11(8-10)14(16)17/h5-6,8H,3,7,13H2,1H3. The van der Waals surface area contributed by atoms with Crippen molar-refractivity contribution in [2.75, 3.05) is 13.7 Å². The van der Waals surface area contributed by atoms with Gasteiger partial charge >= 0.3 is 5.97 Å². The maximum Gasteiger partial charge on any atom is 0.338 e. The first-order chi connectivity index (χ1) is 8.60. The minimum absolute atomic E-state index is 0.119. The molecule has 18 heavy (non-hydrogen) atoms. The fourth-order valence-electron chi connectivity index (χ4n) is 1.26. The highest BCUT2D eigenvalue weighted by atomic mass is 16.6. The number of ether oxygens (including phenoxy) is 1. The third kappa shape index (κ3) is 3.30. The molecule has 0 aliphatic carbocycles. The maximum atomic E-state index is 11.3. The van der Waals surface area contributed by atoms with E-state index in [9.17, 15) is 14.9 Å². The van der Waals surface area contributed by atoms with Crippen molar-refractivity contribution in [3.63, 3.8) is 0 Å². The summed E-state index contributed by atoms with van der Waals surface area (Å²) < 4.78 is 4.50. The molecule has 0 saturated carbocycles. The van der Waals surface area contributed by atoms with Crippen LogP contribution in [0.3, 0.4) is 0 Å². The van der Waals surface area contributed by atoms with Crippen molar-refractivity contribution in [3.8, 4) is 11.8 Å². The molecule has 0 aliphatic rings. The van der Waals surface area contributed by atoms with E-state index >= 15 is 0 Å². The molecule has 0 radical (unpaired) electrons. The Balaban J connectivity index is 3.18. The van der Waals surface area contributed by atoms with E-state index in [4.69, 9.17) is 5.73 Å². The van der Waals surface area contributed by atoms with Gasteiger partial charge in [-0.15, -0.1) is 0 Å². The molecule has 0 amide bonds. The Morgan fingerprint density at radius 1 is 1.56 bits per heavy atom. The van der Waals surface area contributed by atoms with E-state index in [-0.39, 0.29) is 16.8 Å². The third-order valence-corrected chi connectivity index (χ3v) is 2.11. The van der Waals surface area contributed by atoms with Gasteiger partial charge in [0.1, 0.15) is 5.56 Å². The minimum Gasteiger partial charge on any atom is -0.465 e. The van der Waals surface area contributed by atoms with Crippen LogP contribution in [0.25, 0.3) is 0 Å². The van der Waals surface area contributed by atoms with Crippen LogP contribution in [0.1, 0.15) is 22.3 Å².